The average molecular weight is 318 g/mol. The molecule has 2 aromatic carbocycles. The van der Waals surface area contributed by atoms with E-state index >= 15 is 0 Å². The summed E-state index contributed by atoms with van der Waals surface area (Å²) in [6, 6.07) is 13.4. The highest BCUT2D eigenvalue weighted by molar-refractivity contribution is 9.10. The molecular weight excluding hydrogens is 302 g/mol. The molecule has 2 nitrogen and oxygen atoms in total. The van der Waals surface area contributed by atoms with Gasteiger partial charge < -0.3 is 5.11 Å². The van der Waals surface area contributed by atoms with Crippen molar-refractivity contribution in [1.82, 2.24) is 0 Å². The zero-order chi connectivity index (χ0) is 13.8. The fraction of sp³-hybridized carbons (Fsp3) is 0.188. The van der Waals surface area contributed by atoms with E-state index in [9.17, 15) is 5.11 Å². The summed E-state index contributed by atoms with van der Waals surface area (Å²) in [5, 5.41) is 9.78. The Bertz CT molecular complexity index is 605. The zero-order valence-corrected chi connectivity index (χ0v) is 12.6. The molecule has 0 saturated heterocycles. The molecule has 0 saturated carbocycles. The van der Waals surface area contributed by atoms with Gasteiger partial charge in [-0.25, -0.2) is 0 Å². The Morgan fingerprint density at radius 2 is 1.89 bits per heavy atom. The maximum atomic E-state index is 9.78. The molecule has 3 heteroatoms. The van der Waals surface area contributed by atoms with Crippen LogP contribution >= 0.6 is 15.9 Å². The summed E-state index contributed by atoms with van der Waals surface area (Å²) in [5.41, 5.74) is 2.85. The molecule has 0 spiro atoms. The van der Waals surface area contributed by atoms with Gasteiger partial charge in [-0.05, 0) is 35.7 Å². The van der Waals surface area contributed by atoms with E-state index < -0.39 is 0 Å². The normalized spacial score (nSPS) is 11.4. The molecule has 0 aliphatic heterocycles. The Balaban J connectivity index is 2.35. The fourth-order valence-electron chi connectivity index (χ4n) is 1.86. The molecule has 2 aromatic rings. The average Bonchev–Trinajstić information content (AvgIpc) is 2.40. The van der Waals surface area contributed by atoms with Crippen molar-refractivity contribution < 1.29 is 5.11 Å². The van der Waals surface area contributed by atoms with E-state index in [1.54, 1.807) is 18.3 Å². The fourth-order valence-corrected chi connectivity index (χ4v) is 2.24. The van der Waals surface area contributed by atoms with E-state index in [1.165, 1.54) is 5.56 Å². The lowest BCUT2D eigenvalue weighted by Crippen LogP contribution is -1.88. The number of hydrogen-bond donors (Lipinski definition) is 1. The van der Waals surface area contributed by atoms with Crippen LogP contribution in [0.3, 0.4) is 0 Å². The van der Waals surface area contributed by atoms with Gasteiger partial charge in [-0.15, -0.1) is 0 Å². The van der Waals surface area contributed by atoms with Gasteiger partial charge >= 0.3 is 0 Å². The number of rotatable bonds is 3. The maximum absolute atomic E-state index is 9.78. The van der Waals surface area contributed by atoms with E-state index in [1.807, 2.05) is 24.3 Å². The SMILES string of the molecule is CC(C)c1ccccc1N=Cc1cc(Br)ccc1O. The molecule has 0 aromatic heterocycles. The van der Waals surface area contributed by atoms with Gasteiger partial charge in [0.05, 0.1) is 5.69 Å². The number of phenolic OH excluding ortho intramolecular Hbond substituents is 1. The maximum Gasteiger partial charge on any atom is 0.124 e. The summed E-state index contributed by atoms with van der Waals surface area (Å²) in [6.07, 6.45) is 1.70. The van der Waals surface area contributed by atoms with Crippen molar-refractivity contribution in [3.63, 3.8) is 0 Å². The van der Waals surface area contributed by atoms with Crippen molar-refractivity contribution in [2.45, 2.75) is 19.8 Å². The van der Waals surface area contributed by atoms with Crippen LogP contribution in [0.2, 0.25) is 0 Å². The van der Waals surface area contributed by atoms with Crippen LogP contribution in [-0.4, -0.2) is 11.3 Å². The molecule has 19 heavy (non-hydrogen) atoms. The van der Waals surface area contributed by atoms with Crippen LogP contribution in [0.4, 0.5) is 5.69 Å². The van der Waals surface area contributed by atoms with E-state index in [0.29, 0.717) is 11.5 Å². The van der Waals surface area contributed by atoms with Crippen molar-refractivity contribution >= 4 is 27.8 Å². The van der Waals surface area contributed by atoms with E-state index in [-0.39, 0.29) is 5.75 Å². The summed E-state index contributed by atoms with van der Waals surface area (Å²) in [7, 11) is 0. The second-order valence-electron chi connectivity index (χ2n) is 4.67. The van der Waals surface area contributed by atoms with Gasteiger partial charge in [0.25, 0.3) is 0 Å². The van der Waals surface area contributed by atoms with Crippen LogP contribution in [0.1, 0.15) is 30.9 Å². The lowest BCUT2D eigenvalue weighted by molar-refractivity contribution is 0.474. The quantitative estimate of drug-likeness (QED) is 0.791. The minimum atomic E-state index is 0.231. The number of aromatic hydroxyl groups is 1. The Morgan fingerprint density at radius 1 is 1.16 bits per heavy atom. The predicted octanol–water partition coefficient (Wildman–Crippen LogP) is 5.03. The Kier molecular flexibility index (Phi) is 4.38. The largest absolute Gasteiger partial charge is 0.507 e. The second kappa shape index (κ2) is 6.02. The first-order valence-corrected chi connectivity index (χ1v) is 6.98. The molecule has 0 atom stereocenters. The molecule has 0 radical (unpaired) electrons. The highest BCUT2D eigenvalue weighted by Gasteiger charge is 2.04. The highest BCUT2D eigenvalue weighted by Crippen LogP contribution is 2.27. The van der Waals surface area contributed by atoms with Crippen molar-refractivity contribution in [3.8, 4) is 5.75 Å². The molecule has 2 rings (SSSR count). The Labute approximate surface area is 122 Å². The van der Waals surface area contributed by atoms with Gasteiger partial charge in [-0.1, -0.05) is 48.0 Å². The summed E-state index contributed by atoms with van der Waals surface area (Å²) in [4.78, 5) is 4.49. The third-order valence-electron chi connectivity index (χ3n) is 2.89. The molecule has 98 valence electrons. The van der Waals surface area contributed by atoms with Crippen molar-refractivity contribution in [1.29, 1.82) is 0 Å². The lowest BCUT2D eigenvalue weighted by atomic mass is 10.0. The number of halogens is 1. The molecule has 0 bridgehead atoms. The molecule has 0 amide bonds. The minimum absolute atomic E-state index is 0.231. The van der Waals surface area contributed by atoms with Gasteiger partial charge in [0.2, 0.25) is 0 Å². The van der Waals surface area contributed by atoms with Crippen LogP contribution < -0.4 is 0 Å². The summed E-state index contributed by atoms with van der Waals surface area (Å²) < 4.78 is 0.920. The van der Waals surface area contributed by atoms with Crippen molar-refractivity contribution in [3.05, 3.63) is 58.1 Å². The van der Waals surface area contributed by atoms with Crippen molar-refractivity contribution in [2.75, 3.05) is 0 Å². The number of hydrogen-bond acceptors (Lipinski definition) is 2. The van der Waals surface area contributed by atoms with Crippen molar-refractivity contribution in [2.24, 2.45) is 4.99 Å². The monoisotopic (exact) mass is 317 g/mol. The molecule has 1 N–H and O–H groups in total. The molecule has 0 fully saturated rings. The number of aliphatic imine (C=N–C) groups is 1. The standard InChI is InChI=1S/C16H16BrNO/c1-11(2)14-5-3-4-6-15(14)18-10-12-9-13(17)7-8-16(12)19/h3-11,19H,1-2H3. The van der Waals surface area contributed by atoms with Crippen LogP contribution in [-0.2, 0) is 0 Å². The molecule has 0 heterocycles. The third-order valence-corrected chi connectivity index (χ3v) is 3.38. The van der Waals surface area contributed by atoms with Crippen LogP contribution in [0, 0.1) is 0 Å². The number of benzene rings is 2. The Hall–Kier alpha value is -1.61. The number of phenols is 1. The first kappa shape index (κ1) is 13.8. The zero-order valence-electron chi connectivity index (χ0n) is 11.0. The predicted molar refractivity (Wildman–Crippen MR) is 83.6 cm³/mol. The van der Waals surface area contributed by atoms with Gasteiger partial charge in [-0.2, -0.15) is 0 Å². The second-order valence-corrected chi connectivity index (χ2v) is 5.59. The number of nitrogens with zero attached hydrogens (tertiary/aromatic N) is 1. The van der Waals surface area contributed by atoms with E-state index in [4.69, 9.17) is 0 Å². The molecule has 0 unspecified atom stereocenters. The van der Waals surface area contributed by atoms with Crippen LogP contribution in [0.15, 0.2) is 51.9 Å². The molecular formula is C16H16BrNO. The Morgan fingerprint density at radius 3 is 2.63 bits per heavy atom. The molecule has 0 aliphatic rings. The highest BCUT2D eigenvalue weighted by atomic mass is 79.9. The number of para-hydroxylation sites is 1. The lowest BCUT2D eigenvalue weighted by Gasteiger charge is -2.08. The summed E-state index contributed by atoms with van der Waals surface area (Å²) >= 11 is 3.39. The minimum Gasteiger partial charge on any atom is -0.507 e. The van der Waals surface area contributed by atoms with E-state index in [0.717, 1.165) is 10.2 Å². The first-order valence-electron chi connectivity index (χ1n) is 6.19. The van der Waals surface area contributed by atoms with Gasteiger partial charge in [-0.3, -0.25) is 4.99 Å². The first-order chi connectivity index (χ1) is 9.08. The smallest absolute Gasteiger partial charge is 0.124 e. The van der Waals surface area contributed by atoms with Gasteiger partial charge in [0.15, 0.2) is 0 Å². The third kappa shape index (κ3) is 3.44. The molecule has 0 aliphatic carbocycles. The van der Waals surface area contributed by atoms with Crippen LogP contribution in [0.5, 0.6) is 5.75 Å². The van der Waals surface area contributed by atoms with Gasteiger partial charge in [0.1, 0.15) is 5.75 Å². The van der Waals surface area contributed by atoms with E-state index in [2.05, 4.69) is 40.8 Å². The topological polar surface area (TPSA) is 32.6 Å². The van der Waals surface area contributed by atoms with Crippen LogP contribution in [0.25, 0.3) is 0 Å². The summed E-state index contributed by atoms with van der Waals surface area (Å²) in [5.74, 6) is 0.651. The van der Waals surface area contributed by atoms with Gasteiger partial charge in [0, 0.05) is 16.3 Å². The summed E-state index contributed by atoms with van der Waals surface area (Å²) in [6.45, 7) is 4.29.